The van der Waals surface area contributed by atoms with Crippen molar-refractivity contribution in [2.45, 2.75) is 13.0 Å². The fourth-order valence-corrected chi connectivity index (χ4v) is 0.255. The Labute approximate surface area is 55.1 Å². The maximum Gasteiger partial charge on any atom is 0.475 e. The number of ether oxygens (including phenoxy) is 1. The Bertz CT molecular complexity index is 147. The number of alkyl halides is 2. The molecule has 0 saturated carbocycles. The molecule has 0 unspecified atom stereocenters. The summed E-state index contributed by atoms with van der Waals surface area (Å²) in [6.45, 7) is 1.14. The SMILES string of the molecule is CCOC(=O)C(F)(F)N=O. The first-order valence-electron chi connectivity index (χ1n) is 2.44. The molecule has 0 aliphatic rings. The summed E-state index contributed by atoms with van der Waals surface area (Å²) in [6.07, 6.45) is 0. The van der Waals surface area contributed by atoms with E-state index in [2.05, 4.69) is 4.74 Å². The van der Waals surface area contributed by atoms with Gasteiger partial charge in [0.15, 0.2) is 0 Å². The van der Waals surface area contributed by atoms with Gasteiger partial charge < -0.3 is 4.74 Å². The van der Waals surface area contributed by atoms with Crippen molar-refractivity contribution in [2.75, 3.05) is 6.61 Å². The molecule has 0 radical (unpaired) electrons. The van der Waals surface area contributed by atoms with Crippen molar-refractivity contribution in [2.24, 2.45) is 5.18 Å². The zero-order valence-corrected chi connectivity index (χ0v) is 5.13. The van der Waals surface area contributed by atoms with Gasteiger partial charge in [-0.1, -0.05) is 0 Å². The second kappa shape index (κ2) is 3.19. The third-order valence-electron chi connectivity index (χ3n) is 0.636. The normalized spacial score (nSPS) is 10.7. The molecule has 0 heterocycles. The van der Waals surface area contributed by atoms with Gasteiger partial charge in [0, 0.05) is 5.18 Å². The maximum atomic E-state index is 11.8. The smallest absolute Gasteiger partial charge is 0.460 e. The lowest BCUT2D eigenvalue weighted by atomic mass is 10.6. The first-order chi connectivity index (χ1) is 4.54. The van der Waals surface area contributed by atoms with E-state index in [4.69, 9.17) is 0 Å². The molecule has 0 N–H and O–H groups in total. The molecule has 4 nitrogen and oxygen atoms in total. The zero-order valence-electron chi connectivity index (χ0n) is 5.13. The van der Waals surface area contributed by atoms with Gasteiger partial charge in [0.05, 0.1) is 6.61 Å². The van der Waals surface area contributed by atoms with Crippen LogP contribution in [0.15, 0.2) is 5.18 Å². The van der Waals surface area contributed by atoms with Crippen LogP contribution in [0.3, 0.4) is 0 Å². The highest BCUT2D eigenvalue weighted by molar-refractivity contribution is 5.77. The minimum Gasteiger partial charge on any atom is -0.460 e. The quantitative estimate of drug-likeness (QED) is 0.344. The minimum atomic E-state index is -4.24. The molecule has 0 atom stereocenters. The number of hydrogen-bond acceptors (Lipinski definition) is 4. The first-order valence-corrected chi connectivity index (χ1v) is 2.44. The molecule has 58 valence electrons. The average Bonchev–Trinajstić information content (AvgIpc) is 1.89. The van der Waals surface area contributed by atoms with Crippen molar-refractivity contribution >= 4 is 5.97 Å². The number of hydrogen-bond donors (Lipinski definition) is 0. The highest BCUT2D eigenvalue weighted by Gasteiger charge is 2.42. The van der Waals surface area contributed by atoms with Gasteiger partial charge in [-0.3, -0.25) is 0 Å². The molecular weight excluding hydrogens is 148 g/mol. The van der Waals surface area contributed by atoms with Crippen LogP contribution in [0.4, 0.5) is 8.78 Å². The van der Waals surface area contributed by atoms with Gasteiger partial charge in [-0.15, -0.1) is 4.91 Å². The number of carbonyl (C=O) groups excluding carboxylic acids is 1. The van der Waals surface area contributed by atoms with Crippen LogP contribution in [0.25, 0.3) is 0 Å². The van der Waals surface area contributed by atoms with E-state index in [9.17, 15) is 18.5 Å². The molecule has 10 heavy (non-hydrogen) atoms. The monoisotopic (exact) mass is 153 g/mol. The lowest BCUT2D eigenvalue weighted by molar-refractivity contribution is -0.170. The molecular formula is C4H5F2NO3. The van der Waals surface area contributed by atoms with Crippen LogP contribution in [-0.2, 0) is 9.53 Å². The molecule has 6 heteroatoms. The molecule has 0 bridgehead atoms. The topological polar surface area (TPSA) is 55.7 Å². The average molecular weight is 153 g/mol. The van der Waals surface area contributed by atoms with Gasteiger partial charge in [0.25, 0.3) is 0 Å². The number of carbonyl (C=O) groups is 1. The predicted molar refractivity (Wildman–Crippen MR) is 27.4 cm³/mol. The second-order valence-electron chi connectivity index (χ2n) is 1.35. The summed E-state index contributed by atoms with van der Waals surface area (Å²) < 4.78 is 27.4. The van der Waals surface area contributed by atoms with E-state index in [1.54, 1.807) is 0 Å². The van der Waals surface area contributed by atoms with Gasteiger partial charge in [0.2, 0.25) is 0 Å². The molecule has 0 aliphatic heterocycles. The third-order valence-corrected chi connectivity index (χ3v) is 0.636. The lowest BCUT2D eigenvalue weighted by Crippen LogP contribution is -2.27. The summed E-state index contributed by atoms with van der Waals surface area (Å²) in [6, 6.07) is -4.24. The fourth-order valence-electron chi connectivity index (χ4n) is 0.255. The predicted octanol–water partition coefficient (Wildman–Crippen LogP) is 0.909. The Morgan fingerprint density at radius 2 is 2.20 bits per heavy atom. The van der Waals surface area contributed by atoms with Gasteiger partial charge in [-0.2, -0.15) is 8.78 Å². The van der Waals surface area contributed by atoms with E-state index in [0.717, 1.165) is 0 Å². The lowest BCUT2D eigenvalue weighted by Gasteiger charge is -2.04. The minimum absolute atomic E-state index is 0.204. The largest absolute Gasteiger partial charge is 0.475 e. The van der Waals surface area contributed by atoms with E-state index in [1.807, 2.05) is 0 Å². The Kier molecular flexibility index (Phi) is 2.85. The van der Waals surface area contributed by atoms with Crippen LogP contribution in [0.2, 0.25) is 0 Å². The summed E-state index contributed by atoms with van der Waals surface area (Å²) in [4.78, 5) is 19.3. The van der Waals surface area contributed by atoms with Crippen LogP contribution < -0.4 is 0 Å². The number of halogens is 2. The Morgan fingerprint density at radius 3 is 2.50 bits per heavy atom. The third kappa shape index (κ3) is 2.04. The van der Waals surface area contributed by atoms with E-state index >= 15 is 0 Å². The van der Waals surface area contributed by atoms with Crippen LogP contribution in [0.1, 0.15) is 6.92 Å². The van der Waals surface area contributed by atoms with Gasteiger partial charge in [0.1, 0.15) is 0 Å². The number of rotatable bonds is 3. The van der Waals surface area contributed by atoms with Crippen LogP contribution >= 0.6 is 0 Å². The fraction of sp³-hybridized carbons (Fsp3) is 0.750. The van der Waals surface area contributed by atoms with Gasteiger partial charge in [-0.25, -0.2) is 4.79 Å². The molecule has 0 aromatic carbocycles. The van der Waals surface area contributed by atoms with Crippen LogP contribution in [0, 0.1) is 4.91 Å². The van der Waals surface area contributed by atoms with E-state index < -0.39 is 12.0 Å². The van der Waals surface area contributed by atoms with Gasteiger partial charge in [-0.05, 0) is 6.92 Å². The van der Waals surface area contributed by atoms with Gasteiger partial charge >= 0.3 is 12.0 Å². The summed E-state index contributed by atoms with van der Waals surface area (Å²) in [5, 5.41) is 1.28. The molecule has 0 saturated heterocycles. The van der Waals surface area contributed by atoms with Crippen molar-refractivity contribution in [3.8, 4) is 0 Å². The Hall–Kier alpha value is -1.07. The number of esters is 1. The summed E-state index contributed by atoms with van der Waals surface area (Å²) >= 11 is 0. The highest BCUT2D eigenvalue weighted by atomic mass is 19.3. The van der Waals surface area contributed by atoms with Crippen molar-refractivity contribution in [3.63, 3.8) is 0 Å². The second-order valence-corrected chi connectivity index (χ2v) is 1.35. The van der Waals surface area contributed by atoms with Crippen molar-refractivity contribution in [3.05, 3.63) is 4.91 Å². The Balaban J connectivity index is 4.04. The maximum absolute atomic E-state index is 11.8. The van der Waals surface area contributed by atoms with Crippen molar-refractivity contribution in [1.82, 2.24) is 0 Å². The summed E-state index contributed by atoms with van der Waals surface area (Å²) in [5.41, 5.74) is 0. The van der Waals surface area contributed by atoms with Crippen LogP contribution in [-0.4, -0.2) is 18.6 Å². The van der Waals surface area contributed by atoms with E-state index in [-0.39, 0.29) is 6.61 Å². The number of nitrogens with zero attached hydrogens (tertiary/aromatic N) is 1. The van der Waals surface area contributed by atoms with Crippen LogP contribution in [0.5, 0.6) is 0 Å². The molecule has 0 fully saturated rings. The summed E-state index contributed by atoms with van der Waals surface area (Å²) in [5.74, 6) is -1.91. The highest BCUT2D eigenvalue weighted by Crippen LogP contribution is 2.15. The van der Waals surface area contributed by atoms with E-state index in [0.29, 0.717) is 0 Å². The summed E-state index contributed by atoms with van der Waals surface area (Å²) in [7, 11) is 0. The standard InChI is InChI=1S/C4H5F2NO3/c1-2-10-3(8)4(5,6)7-9/h2H2,1H3. The molecule has 0 aromatic rings. The van der Waals surface area contributed by atoms with Crippen molar-refractivity contribution in [1.29, 1.82) is 0 Å². The zero-order chi connectivity index (χ0) is 8.20. The number of nitroso groups, excluding NO2 is 1. The molecule has 0 rings (SSSR count). The molecule has 0 aromatic heterocycles. The molecule has 0 amide bonds. The van der Waals surface area contributed by atoms with Crippen molar-refractivity contribution < 1.29 is 18.3 Å². The molecule has 0 spiro atoms. The molecule has 0 aliphatic carbocycles. The van der Waals surface area contributed by atoms with E-state index in [1.165, 1.54) is 12.1 Å². The Morgan fingerprint density at radius 1 is 1.70 bits per heavy atom. The first kappa shape index (κ1) is 8.93.